The van der Waals surface area contributed by atoms with Gasteiger partial charge < -0.3 is 5.73 Å². The van der Waals surface area contributed by atoms with Crippen LogP contribution in [-0.2, 0) is 0 Å². The van der Waals surface area contributed by atoms with Gasteiger partial charge in [0.2, 0.25) is 0 Å². The van der Waals surface area contributed by atoms with Crippen LogP contribution < -0.4 is 5.73 Å². The van der Waals surface area contributed by atoms with E-state index in [1.807, 2.05) is 31.2 Å². The van der Waals surface area contributed by atoms with Crippen molar-refractivity contribution in [3.63, 3.8) is 0 Å². The molecule has 1 atom stereocenters. The summed E-state index contributed by atoms with van der Waals surface area (Å²) in [5.74, 6) is 0.673. The normalized spacial score (nSPS) is 12.3. The monoisotopic (exact) mass is 282 g/mol. The predicted octanol–water partition coefficient (Wildman–Crippen LogP) is 2.97. The fourth-order valence-corrected chi connectivity index (χ4v) is 2.10. The number of H-pyrrole nitrogens is 1. The average Bonchev–Trinajstić information content (AvgIpc) is 2.97. The zero-order valence-electron chi connectivity index (χ0n) is 11.5. The number of aromatic amines is 1. The van der Waals surface area contributed by atoms with Crippen molar-refractivity contribution < 1.29 is 4.39 Å². The van der Waals surface area contributed by atoms with Gasteiger partial charge in [-0.2, -0.15) is 5.10 Å². The van der Waals surface area contributed by atoms with E-state index in [1.165, 1.54) is 17.7 Å². The minimum Gasteiger partial charge on any atom is -0.318 e. The number of nitrogens with one attached hydrogen (secondary N) is 1. The second kappa shape index (κ2) is 5.46. The zero-order chi connectivity index (χ0) is 14.8. The van der Waals surface area contributed by atoms with E-state index in [4.69, 9.17) is 5.73 Å². The quantitative estimate of drug-likeness (QED) is 0.776. The molecule has 3 N–H and O–H groups in total. The second-order valence-electron chi connectivity index (χ2n) is 4.94. The lowest BCUT2D eigenvalue weighted by Crippen LogP contribution is -2.13. The zero-order valence-corrected chi connectivity index (χ0v) is 11.5. The van der Waals surface area contributed by atoms with Gasteiger partial charge in [-0.25, -0.2) is 9.37 Å². The summed E-state index contributed by atoms with van der Waals surface area (Å²) in [5.41, 5.74) is 8.92. The molecular weight excluding hydrogens is 267 g/mol. The molecule has 2 aromatic carbocycles. The summed E-state index contributed by atoms with van der Waals surface area (Å²) in [7, 11) is 0. The molecule has 3 aromatic rings. The van der Waals surface area contributed by atoms with Crippen LogP contribution in [-0.4, -0.2) is 15.2 Å². The molecule has 0 amide bonds. The average molecular weight is 282 g/mol. The van der Waals surface area contributed by atoms with E-state index in [2.05, 4.69) is 15.2 Å². The van der Waals surface area contributed by atoms with Crippen LogP contribution in [0.3, 0.4) is 0 Å². The number of halogens is 1. The molecule has 3 rings (SSSR count). The second-order valence-corrected chi connectivity index (χ2v) is 4.94. The highest BCUT2D eigenvalue weighted by Crippen LogP contribution is 2.20. The summed E-state index contributed by atoms with van der Waals surface area (Å²) in [6.07, 6.45) is 0. The first-order chi connectivity index (χ1) is 10.1. The van der Waals surface area contributed by atoms with Crippen LogP contribution >= 0.6 is 0 Å². The minimum absolute atomic E-state index is 0.318. The number of hydrogen-bond donors (Lipinski definition) is 2. The Hall–Kier alpha value is -2.53. The van der Waals surface area contributed by atoms with Crippen LogP contribution in [0.4, 0.5) is 4.39 Å². The number of nitrogens with zero attached hydrogens (tertiary/aromatic N) is 2. The fourth-order valence-electron chi connectivity index (χ4n) is 2.10. The van der Waals surface area contributed by atoms with Crippen molar-refractivity contribution in [1.29, 1.82) is 0 Å². The molecular formula is C16H15FN4. The summed E-state index contributed by atoms with van der Waals surface area (Å²) < 4.78 is 13.2. The molecule has 0 fully saturated rings. The van der Waals surface area contributed by atoms with Crippen LogP contribution in [0.25, 0.3) is 11.4 Å². The van der Waals surface area contributed by atoms with Gasteiger partial charge in [0.1, 0.15) is 11.6 Å². The third kappa shape index (κ3) is 2.83. The maximum absolute atomic E-state index is 13.2. The summed E-state index contributed by atoms with van der Waals surface area (Å²) in [6, 6.07) is 13.7. The van der Waals surface area contributed by atoms with Crippen LogP contribution in [0.15, 0.2) is 48.5 Å². The van der Waals surface area contributed by atoms with Crippen molar-refractivity contribution in [1.82, 2.24) is 15.2 Å². The van der Waals surface area contributed by atoms with Crippen LogP contribution in [0, 0.1) is 12.7 Å². The minimum atomic E-state index is -0.389. The summed E-state index contributed by atoms with van der Waals surface area (Å²) in [5, 5.41) is 6.94. The highest BCUT2D eigenvalue weighted by atomic mass is 19.1. The van der Waals surface area contributed by atoms with Gasteiger partial charge in [-0.15, -0.1) is 0 Å². The van der Waals surface area contributed by atoms with Crippen LogP contribution in [0.5, 0.6) is 0 Å². The molecule has 1 heterocycles. The molecule has 0 saturated heterocycles. The number of aryl methyl sites for hydroxylation is 1. The molecule has 0 spiro atoms. The maximum atomic E-state index is 13.2. The molecule has 0 aliphatic rings. The van der Waals surface area contributed by atoms with Crippen molar-refractivity contribution in [2.45, 2.75) is 13.0 Å². The number of aromatic nitrogens is 3. The number of hydrogen-bond acceptors (Lipinski definition) is 3. The SMILES string of the molecule is Cc1ccc([C@H](N)c2nc(-c3cccc(F)c3)n[nH]2)cc1. The van der Waals surface area contributed by atoms with Crippen molar-refractivity contribution in [3.8, 4) is 11.4 Å². The lowest BCUT2D eigenvalue weighted by Gasteiger charge is -2.08. The predicted molar refractivity (Wildman–Crippen MR) is 79.0 cm³/mol. The van der Waals surface area contributed by atoms with E-state index in [1.54, 1.807) is 12.1 Å². The Morgan fingerprint density at radius 3 is 2.62 bits per heavy atom. The summed E-state index contributed by atoms with van der Waals surface area (Å²) >= 11 is 0. The van der Waals surface area contributed by atoms with Gasteiger partial charge in [0.25, 0.3) is 0 Å². The maximum Gasteiger partial charge on any atom is 0.181 e. The Morgan fingerprint density at radius 2 is 1.90 bits per heavy atom. The van der Waals surface area contributed by atoms with E-state index in [9.17, 15) is 4.39 Å². The number of benzene rings is 2. The Balaban J connectivity index is 1.89. The molecule has 0 aliphatic heterocycles. The smallest absolute Gasteiger partial charge is 0.181 e. The van der Waals surface area contributed by atoms with Gasteiger partial charge in [0.15, 0.2) is 5.82 Å². The lowest BCUT2D eigenvalue weighted by molar-refractivity contribution is 0.628. The molecule has 21 heavy (non-hydrogen) atoms. The molecule has 5 heteroatoms. The number of rotatable bonds is 3. The van der Waals surface area contributed by atoms with E-state index in [-0.39, 0.29) is 11.9 Å². The van der Waals surface area contributed by atoms with Crippen LogP contribution in [0.2, 0.25) is 0 Å². The van der Waals surface area contributed by atoms with Crippen molar-refractivity contribution >= 4 is 0 Å². The Labute approximate surface area is 121 Å². The lowest BCUT2D eigenvalue weighted by atomic mass is 10.1. The molecule has 4 nitrogen and oxygen atoms in total. The molecule has 0 radical (unpaired) electrons. The third-order valence-corrected chi connectivity index (χ3v) is 3.32. The molecule has 0 unspecified atom stereocenters. The summed E-state index contributed by atoms with van der Waals surface area (Å²) in [6.45, 7) is 2.02. The first kappa shape index (κ1) is 13.5. The van der Waals surface area contributed by atoms with Gasteiger partial charge in [-0.05, 0) is 24.6 Å². The van der Waals surface area contributed by atoms with Crippen molar-refractivity contribution in [3.05, 3.63) is 71.3 Å². The largest absolute Gasteiger partial charge is 0.318 e. The molecule has 1 aromatic heterocycles. The van der Waals surface area contributed by atoms with Gasteiger partial charge >= 0.3 is 0 Å². The molecule has 0 aliphatic carbocycles. The van der Waals surface area contributed by atoms with Gasteiger partial charge in [0.05, 0.1) is 6.04 Å². The highest BCUT2D eigenvalue weighted by molar-refractivity contribution is 5.54. The standard InChI is InChI=1S/C16H15FN4/c1-10-5-7-11(8-6-10)14(18)16-19-15(20-21-16)12-3-2-4-13(17)9-12/h2-9,14H,18H2,1H3,(H,19,20,21)/t14-/m0/s1. The van der Waals surface area contributed by atoms with E-state index in [0.717, 1.165) is 5.56 Å². The topological polar surface area (TPSA) is 67.6 Å². The molecule has 0 saturated carbocycles. The van der Waals surface area contributed by atoms with Gasteiger partial charge in [-0.1, -0.05) is 42.0 Å². The van der Waals surface area contributed by atoms with Crippen molar-refractivity contribution in [2.75, 3.05) is 0 Å². The first-order valence-electron chi connectivity index (χ1n) is 6.64. The van der Waals surface area contributed by atoms with E-state index < -0.39 is 0 Å². The van der Waals surface area contributed by atoms with Gasteiger partial charge in [-0.3, -0.25) is 5.10 Å². The van der Waals surface area contributed by atoms with Gasteiger partial charge in [0, 0.05) is 5.56 Å². The van der Waals surface area contributed by atoms with E-state index in [0.29, 0.717) is 17.2 Å². The Morgan fingerprint density at radius 1 is 1.14 bits per heavy atom. The molecule has 106 valence electrons. The van der Waals surface area contributed by atoms with Crippen LogP contribution in [0.1, 0.15) is 23.0 Å². The molecule has 0 bridgehead atoms. The Kier molecular flexibility index (Phi) is 3.50. The summed E-state index contributed by atoms with van der Waals surface area (Å²) in [4.78, 5) is 4.36. The highest BCUT2D eigenvalue weighted by Gasteiger charge is 2.14. The first-order valence-corrected chi connectivity index (χ1v) is 6.64. The Bertz CT molecular complexity index is 749. The number of nitrogens with two attached hydrogens (primary N) is 1. The fraction of sp³-hybridized carbons (Fsp3) is 0.125. The van der Waals surface area contributed by atoms with E-state index >= 15 is 0 Å². The third-order valence-electron chi connectivity index (χ3n) is 3.32. The van der Waals surface area contributed by atoms with Crippen molar-refractivity contribution in [2.24, 2.45) is 5.73 Å².